The third-order valence-electron chi connectivity index (χ3n) is 3.26. The average molecular weight is 305 g/mol. The van der Waals surface area contributed by atoms with Crippen LogP contribution in [0.15, 0.2) is 12.4 Å². The second-order valence-corrected chi connectivity index (χ2v) is 7.26. The first kappa shape index (κ1) is 14.2. The van der Waals surface area contributed by atoms with E-state index in [0.29, 0.717) is 12.1 Å². The third kappa shape index (κ3) is 3.63. The molecule has 0 aromatic carbocycles. The van der Waals surface area contributed by atoms with Crippen molar-refractivity contribution in [2.45, 2.75) is 12.8 Å². The highest BCUT2D eigenvalue weighted by Crippen LogP contribution is 2.28. The molecule has 2 unspecified atom stereocenters. The van der Waals surface area contributed by atoms with Crippen LogP contribution in [0, 0.1) is 11.8 Å². The number of aliphatic carboxylic acids is 1. The molecule has 19 heavy (non-hydrogen) atoms. The van der Waals surface area contributed by atoms with E-state index in [1.165, 1.54) is 12.4 Å². The number of carboxylic acid groups (broad SMARTS) is 1. The van der Waals surface area contributed by atoms with E-state index in [2.05, 4.69) is 9.97 Å². The first-order valence-electron chi connectivity index (χ1n) is 5.77. The molecule has 0 bridgehead atoms. The SMILES string of the molecule is O=C(O)C(Cc1cnc(Cl)cn1)C1CCS(=O)(=O)C1. The predicted octanol–water partition coefficient (Wildman–Crippen LogP) is 0.808. The van der Waals surface area contributed by atoms with Crippen LogP contribution in [0.3, 0.4) is 0 Å². The summed E-state index contributed by atoms with van der Waals surface area (Å²) in [5.41, 5.74) is 0.501. The van der Waals surface area contributed by atoms with Gasteiger partial charge in [0.2, 0.25) is 0 Å². The van der Waals surface area contributed by atoms with E-state index < -0.39 is 21.7 Å². The minimum Gasteiger partial charge on any atom is -0.481 e. The molecule has 1 aliphatic rings. The molecule has 8 heteroatoms. The Bertz CT molecular complexity index is 573. The number of nitrogens with zero attached hydrogens (tertiary/aromatic N) is 2. The fraction of sp³-hybridized carbons (Fsp3) is 0.545. The standard InChI is InChI=1S/C11H13ClN2O4S/c12-10-5-13-8(4-14-10)3-9(11(15)16)7-1-2-19(17,18)6-7/h4-5,7,9H,1-3,6H2,(H,15,16). The number of rotatable bonds is 4. The topological polar surface area (TPSA) is 97.2 Å². The lowest BCUT2D eigenvalue weighted by atomic mass is 9.88. The van der Waals surface area contributed by atoms with Crippen molar-refractivity contribution in [3.05, 3.63) is 23.2 Å². The second kappa shape index (κ2) is 5.42. The van der Waals surface area contributed by atoms with Gasteiger partial charge in [0.15, 0.2) is 9.84 Å². The molecule has 1 saturated heterocycles. The van der Waals surface area contributed by atoms with Crippen LogP contribution in [0.1, 0.15) is 12.1 Å². The van der Waals surface area contributed by atoms with Crippen LogP contribution in [0.25, 0.3) is 0 Å². The Morgan fingerprint density at radius 3 is 2.68 bits per heavy atom. The molecule has 1 aromatic heterocycles. The van der Waals surface area contributed by atoms with Gasteiger partial charge >= 0.3 is 5.97 Å². The minimum atomic E-state index is -3.09. The molecule has 6 nitrogen and oxygen atoms in total. The fourth-order valence-electron chi connectivity index (χ4n) is 2.27. The number of hydrogen-bond donors (Lipinski definition) is 1. The summed E-state index contributed by atoms with van der Waals surface area (Å²) >= 11 is 5.61. The number of hydrogen-bond acceptors (Lipinski definition) is 5. The van der Waals surface area contributed by atoms with E-state index in [0.717, 1.165) is 0 Å². The van der Waals surface area contributed by atoms with E-state index >= 15 is 0 Å². The van der Waals surface area contributed by atoms with Crippen LogP contribution in [0.2, 0.25) is 5.15 Å². The van der Waals surface area contributed by atoms with Crippen molar-refractivity contribution in [3.8, 4) is 0 Å². The van der Waals surface area contributed by atoms with Crippen LogP contribution >= 0.6 is 11.6 Å². The van der Waals surface area contributed by atoms with Gasteiger partial charge < -0.3 is 5.11 Å². The van der Waals surface area contributed by atoms with E-state index in [-0.39, 0.29) is 29.0 Å². The van der Waals surface area contributed by atoms with Crippen molar-refractivity contribution in [2.24, 2.45) is 11.8 Å². The van der Waals surface area contributed by atoms with E-state index in [9.17, 15) is 18.3 Å². The first-order valence-corrected chi connectivity index (χ1v) is 7.97. The number of carbonyl (C=O) groups is 1. The van der Waals surface area contributed by atoms with Crippen LogP contribution in [0.5, 0.6) is 0 Å². The molecule has 0 amide bonds. The summed E-state index contributed by atoms with van der Waals surface area (Å²) in [6.45, 7) is 0. The minimum absolute atomic E-state index is 0.0632. The lowest BCUT2D eigenvalue weighted by Crippen LogP contribution is -2.27. The van der Waals surface area contributed by atoms with Crippen molar-refractivity contribution >= 4 is 27.4 Å². The number of carboxylic acids is 1. The van der Waals surface area contributed by atoms with Crippen molar-refractivity contribution in [1.82, 2.24) is 9.97 Å². The number of halogens is 1. The normalized spacial score (nSPS) is 23.1. The Morgan fingerprint density at radius 2 is 2.21 bits per heavy atom. The maximum Gasteiger partial charge on any atom is 0.307 e. The van der Waals surface area contributed by atoms with Crippen molar-refractivity contribution in [2.75, 3.05) is 11.5 Å². The monoisotopic (exact) mass is 304 g/mol. The van der Waals surface area contributed by atoms with E-state index in [4.69, 9.17) is 11.6 Å². The highest BCUT2D eigenvalue weighted by atomic mass is 35.5. The van der Waals surface area contributed by atoms with Crippen LogP contribution in [0.4, 0.5) is 0 Å². The summed E-state index contributed by atoms with van der Waals surface area (Å²) in [4.78, 5) is 19.1. The van der Waals surface area contributed by atoms with Gasteiger partial charge in [-0.1, -0.05) is 11.6 Å². The molecule has 1 fully saturated rings. The zero-order chi connectivity index (χ0) is 14.0. The van der Waals surface area contributed by atoms with Crippen LogP contribution in [-0.4, -0.2) is 41.0 Å². The molecular formula is C11H13ClN2O4S. The van der Waals surface area contributed by atoms with Gasteiger partial charge in [-0.05, 0) is 12.3 Å². The first-order chi connectivity index (χ1) is 8.87. The summed E-state index contributed by atoms with van der Waals surface area (Å²) in [7, 11) is -3.09. The van der Waals surface area contributed by atoms with Crippen LogP contribution < -0.4 is 0 Å². The maximum absolute atomic E-state index is 11.4. The molecule has 2 heterocycles. The molecule has 2 rings (SSSR count). The molecule has 1 N–H and O–H groups in total. The highest BCUT2D eigenvalue weighted by molar-refractivity contribution is 7.91. The fourth-order valence-corrected chi connectivity index (χ4v) is 4.24. The zero-order valence-electron chi connectivity index (χ0n) is 9.99. The molecule has 104 valence electrons. The Kier molecular flexibility index (Phi) is 4.05. The Morgan fingerprint density at radius 1 is 1.47 bits per heavy atom. The van der Waals surface area contributed by atoms with Gasteiger partial charge in [0, 0.05) is 6.42 Å². The van der Waals surface area contributed by atoms with Gasteiger partial charge in [0.05, 0.1) is 35.5 Å². The Balaban J connectivity index is 2.13. The quantitative estimate of drug-likeness (QED) is 0.884. The lowest BCUT2D eigenvalue weighted by molar-refractivity contribution is -0.143. The van der Waals surface area contributed by atoms with Gasteiger partial charge in [-0.2, -0.15) is 0 Å². The molecule has 0 spiro atoms. The molecular weight excluding hydrogens is 292 g/mol. The van der Waals surface area contributed by atoms with E-state index in [1.807, 2.05) is 0 Å². The number of sulfone groups is 1. The maximum atomic E-state index is 11.4. The van der Waals surface area contributed by atoms with Gasteiger partial charge in [-0.25, -0.2) is 13.4 Å². The zero-order valence-corrected chi connectivity index (χ0v) is 11.6. The average Bonchev–Trinajstić information content (AvgIpc) is 2.68. The molecule has 1 aliphatic heterocycles. The van der Waals surface area contributed by atoms with E-state index in [1.54, 1.807) is 0 Å². The second-order valence-electron chi connectivity index (χ2n) is 4.64. The molecule has 2 atom stereocenters. The molecule has 0 radical (unpaired) electrons. The van der Waals surface area contributed by atoms with Crippen LogP contribution in [-0.2, 0) is 21.1 Å². The van der Waals surface area contributed by atoms with Gasteiger partial charge in [0.25, 0.3) is 0 Å². The number of aromatic nitrogens is 2. The van der Waals surface area contributed by atoms with Gasteiger partial charge in [-0.3, -0.25) is 9.78 Å². The van der Waals surface area contributed by atoms with Crippen molar-refractivity contribution < 1.29 is 18.3 Å². The summed E-state index contributed by atoms with van der Waals surface area (Å²) in [6.07, 6.45) is 3.32. The molecule has 1 aromatic rings. The van der Waals surface area contributed by atoms with Gasteiger partial charge in [-0.15, -0.1) is 0 Å². The van der Waals surface area contributed by atoms with Crippen molar-refractivity contribution in [1.29, 1.82) is 0 Å². The summed E-state index contributed by atoms with van der Waals surface area (Å²) in [6, 6.07) is 0. The predicted molar refractivity (Wildman–Crippen MR) is 68.6 cm³/mol. The summed E-state index contributed by atoms with van der Waals surface area (Å²) in [5.74, 6) is -2.12. The van der Waals surface area contributed by atoms with Crippen molar-refractivity contribution in [3.63, 3.8) is 0 Å². The summed E-state index contributed by atoms with van der Waals surface area (Å²) < 4.78 is 22.9. The Hall–Kier alpha value is -1.21. The lowest BCUT2D eigenvalue weighted by Gasteiger charge is -2.17. The van der Waals surface area contributed by atoms with Gasteiger partial charge in [0.1, 0.15) is 5.15 Å². The smallest absolute Gasteiger partial charge is 0.307 e. The third-order valence-corrected chi connectivity index (χ3v) is 5.25. The Labute approximate surface area is 115 Å². The largest absolute Gasteiger partial charge is 0.481 e. The highest BCUT2D eigenvalue weighted by Gasteiger charge is 2.37. The molecule has 0 aliphatic carbocycles. The summed E-state index contributed by atoms with van der Waals surface area (Å²) in [5, 5.41) is 9.49. The molecule has 0 saturated carbocycles.